The lowest BCUT2D eigenvalue weighted by Gasteiger charge is -2.12. The molecule has 0 fully saturated rings. The maximum Gasteiger partial charge on any atom is 0.131 e. The van der Waals surface area contributed by atoms with E-state index in [2.05, 4.69) is 24.4 Å². The van der Waals surface area contributed by atoms with Crippen LogP contribution in [0.2, 0.25) is 0 Å². The van der Waals surface area contributed by atoms with Crippen molar-refractivity contribution in [2.75, 3.05) is 13.7 Å². The fraction of sp³-hybridized carbons (Fsp3) is 0.294. The maximum absolute atomic E-state index is 5.83. The van der Waals surface area contributed by atoms with Crippen molar-refractivity contribution in [3.63, 3.8) is 0 Å². The van der Waals surface area contributed by atoms with Crippen LogP contribution in [-0.2, 0) is 0 Å². The van der Waals surface area contributed by atoms with Crippen LogP contribution in [0.15, 0.2) is 48.5 Å². The van der Waals surface area contributed by atoms with E-state index >= 15 is 0 Å². The SMILES string of the molecule is CCOc1cccc(Oc2ccc(C(C)NC)cc2)c1. The van der Waals surface area contributed by atoms with Gasteiger partial charge in [-0.2, -0.15) is 0 Å². The van der Waals surface area contributed by atoms with Crippen molar-refractivity contribution in [3.8, 4) is 17.2 Å². The van der Waals surface area contributed by atoms with Crippen LogP contribution in [0.5, 0.6) is 17.2 Å². The van der Waals surface area contributed by atoms with E-state index in [9.17, 15) is 0 Å². The van der Waals surface area contributed by atoms with Gasteiger partial charge in [0.15, 0.2) is 0 Å². The lowest BCUT2D eigenvalue weighted by Crippen LogP contribution is -2.11. The van der Waals surface area contributed by atoms with Crippen LogP contribution < -0.4 is 14.8 Å². The molecule has 0 saturated carbocycles. The van der Waals surface area contributed by atoms with E-state index in [1.165, 1.54) is 5.56 Å². The van der Waals surface area contributed by atoms with Gasteiger partial charge in [-0.15, -0.1) is 0 Å². The Morgan fingerprint density at radius 2 is 1.70 bits per heavy atom. The van der Waals surface area contributed by atoms with Gasteiger partial charge in [0, 0.05) is 12.1 Å². The van der Waals surface area contributed by atoms with Crippen LogP contribution in [0.25, 0.3) is 0 Å². The van der Waals surface area contributed by atoms with E-state index < -0.39 is 0 Å². The van der Waals surface area contributed by atoms with Gasteiger partial charge in [0.2, 0.25) is 0 Å². The first-order valence-corrected chi connectivity index (χ1v) is 6.91. The molecule has 3 heteroatoms. The van der Waals surface area contributed by atoms with Crippen molar-refractivity contribution in [2.24, 2.45) is 0 Å². The van der Waals surface area contributed by atoms with Crippen LogP contribution in [0, 0.1) is 0 Å². The molecule has 0 spiro atoms. The Bertz CT molecular complexity index is 537. The molecule has 1 unspecified atom stereocenters. The first-order chi connectivity index (χ1) is 9.72. The minimum Gasteiger partial charge on any atom is -0.494 e. The Kier molecular flexibility index (Phi) is 5.02. The molecule has 0 aliphatic carbocycles. The molecule has 0 amide bonds. The lowest BCUT2D eigenvalue weighted by molar-refractivity contribution is 0.338. The molecular weight excluding hydrogens is 250 g/mol. The van der Waals surface area contributed by atoms with Gasteiger partial charge in [-0.1, -0.05) is 18.2 Å². The summed E-state index contributed by atoms with van der Waals surface area (Å²) in [7, 11) is 1.95. The second kappa shape index (κ2) is 6.96. The highest BCUT2D eigenvalue weighted by Crippen LogP contribution is 2.26. The topological polar surface area (TPSA) is 30.5 Å². The zero-order valence-electron chi connectivity index (χ0n) is 12.2. The van der Waals surface area contributed by atoms with Gasteiger partial charge in [0.1, 0.15) is 17.2 Å². The number of ether oxygens (including phenoxy) is 2. The van der Waals surface area contributed by atoms with Gasteiger partial charge < -0.3 is 14.8 Å². The van der Waals surface area contributed by atoms with Gasteiger partial charge in [0.25, 0.3) is 0 Å². The fourth-order valence-electron chi connectivity index (χ4n) is 1.92. The predicted octanol–water partition coefficient (Wildman–Crippen LogP) is 4.16. The molecule has 20 heavy (non-hydrogen) atoms. The molecule has 2 rings (SSSR count). The van der Waals surface area contributed by atoms with E-state index in [-0.39, 0.29) is 0 Å². The molecule has 0 bridgehead atoms. The summed E-state index contributed by atoms with van der Waals surface area (Å²) < 4.78 is 11.3. The van der Waals surface area contributed by atoms with Crippen LogP contribution in [0.3, 0.4) is 0 Å². The van der Waals surface area contributed by atoms with Crippen molar-refractivity contribution < 1.29 is 9.47 Å². The number of hydrogen-bond acceptors (Lipinski definition) is 3. The molecular formula is C17H21NO2. The largest absolute Gasteiger partial charge is 0.494 e. The van der Waals surface area contributed by atoms with Crippen molar-refractivity contribution >= 4 is 0 Å². The summed E-state index contributed by atoms with van der Waals surface area (Å²) in [5.41, 5.74) is 1.24. The molecule has 0 heterocycles. The van der Waals surface area contributed by atoms with Crippen molar-refractivity contribution in [1.29, 1.82) is 0 Å². The Labute approximate surface area is 120 Å². The molecule has 1 N–H and O–H groups in total. The highest BCUT2D eigenvalue weighted by Gasteiger charge is 2.03. The first kappa shape index (κ1) is 14.4. The van der Waals surface area contributed by atoms with Gasteiger partial charge >= 0.3 is 0 Å². The monoisotopic (exact) mass is 271 g/mol. The Morgan fingerprint density at radius 1 is 1.00 bits per heavy atom. The third-order valence-corrected chi connectivity index (χ3v) is 3.17. The van der Waals surface area contributed by atoms with E-state index in [4.69, 9.17) is 9.47 Å². The average molecular weight is 271 g/mol. The van der Waals surface area contributed by atoms with Gasteiger partial charge in [-0.3, -0.25) is 0 Å². The van der Waals surface area contributed by atoms with Gasteiger partial charge in [-0.25, -0.2) is 0 Å². The molecule has 2 aromatic rings. The van der Waals surface area contributed by atoms with E-state index in [1.54, 1.807) is 0 Å². The zero-order chi connectivity index (χ0) is 14.4. The van der Waals surface area contributed by atoms with Crippen molar-refractivity contribution in [2.45, 2.75) is 19.9 Å². The Balaban J connectivity index is 2.08. The summed E-state index contributed by atoms with van der Waals surface area (Å²) in [6.07, 6.45) is 0. The first-order valence-electron chi connectivity index (χ1n) is 6.91. The number of benzene rings is 2. The van der Waals surface area contributed by atoms with Crippen molar-refractivity contribution in [1.82, 2.24) is 5.32 Å². The standard InChI is InChI=1S/C17H21NO2/c1-4-19-16-6-5-7-17(12-16)20-15-10-8-14(9-11-15)13(2)18-3/h5-13,18H,4H2,1-3H3. The third kappa shape index (κ3) is 3.75. The minimum absolute atomic E-state index is 0.338. The van der Waals surface area contributed by atoms with Crippen LogP contribution in [0.4, 0.5) is 0 Å². The smallest absolute Gasteiger partial charge is 0.131 e. The van der Waals surface area contributed by atoms with Crippen LogP contribution in [0.1, 0.15) is 25.5 Å². The predicted molar refractivity (Wildman–Crippen MR) is 81.6 cm³/mol. The summed E-state index contributed by atoms with van der Waals surface area (Å²) in [6, 6.07) is 16.1. The highest BCUT2D eigenvalue weighted by atomic mass is 16.5. The summed E-state index contributed by atoms with van der Waals surface area (Å²) in [5, 5.41) is 3.21. The van der Waals surface area contributed by atoms with E-state index in [0.717, 1.165) is 17.2 Å². The summed E-state index contributed by atoms with van der Waals surface area (Å²) in [5.74, 6) is 2.43. The second-order valence-corrected chi connectivity index (χ2v) is 4.59. The Morgan fingerprint density at radius 3 is 2.35 bits per heavy atom. The normalized spacial score (nSPS) is 11.9. The molecule has 3 nitrogen and oxygen atoms in total. The molecule has 1 atom stereocenters. The summed E-state index contributed by atoms with van der Waals surface area (Å²) in [4.78, 5) is 0. The molecule has 0 saturated heterocycles. The molecule has 0 aromatic heterocycles. The zero-order valence-corrected chi connectivity index (χ0v) is 12.2. The molecule has 0 aliphatic heterocycles. The van der Waals surface area contributed by atoms with Gasteiger partial charge in [-0.05, 0) is 50.7 Å². The van der Waals surface area contributed by atoms with Crippen LogP contribution in [-0.4, -0.2) is 13.7 Å². The lowest BCUT2D eigenvalue weighted by atomic mass is 10.1. The fourth-order valence-corrected chi connectivity index (χ4v) is 1.92. The average Bonchev–Trinajstić information content (AvgIpc) is 2.48. The highest BCUT2D eigenvalue weighted by molar-refractivity contribution is 5.37. The number of hydrogen-bond donors (Lipinski definition) is 1. The summed E-state index contributed by atoms with van der Waals surface area (Å²) >= 11 is 0. The molecule has 2 aromatic carbocycles. The van der Waals surface area contributed by atoms with E-state index in [1.807, 2.05) is 50.4 Å². The minimum atomic E-state index is 0.338. The van der Waals surface area contributed by atoms with Gasteiger partial charge in [0.05, 0.1) is 6.61 Å². The summed E-state index contributed by atoms with van der Waals surface area (Å²) in [6.45, 7) is 4.75. The number of rotatable bonds is 6. The maximum atomic E-state index is 5.83. The molecule has 0 aliphatic rings. The van der Waals surface area contributed by atoms with Crippen molar-refractivity contribution in [3.05, 3.63) is 54.1 Å². The Hall–Kier alpha value is -2.00. The molecule has 106 valence electrons. The van der Waals surface area contributed by atoms with E-state index in [0.29, 0.717) is 12.6 Å². The van der Waals surface area contributed by atoms with Crippen LogP contribution >= 0.6 is 0 Å². The third-order valence-electron chi connectivity index (χ3n) is 3.17. The second-order valence-electron chi connectivity index (χ2n) is 4.59. The quantitative estimate of drug-likeness (QED) is 0.855. The number of nitrogens with one attached hydrogen (secondary N) is 1. The molecule has 0 radical (unpaired) electrons.